The zero-order chi connectivity index (χ0) is 20.8. The number of alkyl halides is 3. The number of nitrogens with zero attached hydrogens (tertiary/aromatic N) is 4. The lowest BCUT2D eigenvalue weighted by Gasteiger charge is -2.32. The van der Waals surface area contributed by atoms with Gasteiger partial charge in [-0.3, -0.25) is 9.20 Å². The monoisotopic (exact) mass is 406 g/mol. The van der Waals surface area contributed by atoms with Crippen molar-refractivity contribution in [3.8, 4) is 0 Å². The zero-order valence-electron chi connectivity index (χ0n) is 15.6. The van der Waals surface area contributed by atoms with Gasteiger partial charge < -0.3 is 4.90 Å². The molecule has 2 aromatic heterocycles. The van der Waals surface area contributed by atoms with Crippen LogP contribution in [-0.2, 0) is 6.18 Å². The Bertz CT molecular complexity index is 1070. The van der Waals surface area contributed by atoms with Gasteiger partial charge in [0.25, 0.3) is 5.91 Å². The topological polar surface area (TPSA) is 50.5 Å². The number of aromatic nitrogens is 3. The molecule has 9 heteroatoms. The maximum atomic E-state index is 13.4. The maximum Gasteiger partial charge on any atom is 0.416 e. The molecule has 0 spiro atoms. The van der Waals surface area contributed by atoms with E-state index in [1.165, 1.54) is 6.07 Å². The fourth-order valence-corrected chi connectivity index (χ4v) is 3.81. The number of fused-ring (bicyclic) bond motifs is 1. The van der Waals surface area contributed by atoms with Gasteiger partial charge in [-0.15, -0.1) is 10.2 Å². The number of carbonyl (C=O) groups is 1. The van der Waals surface area contributed by atoms with E-state index in [4.69, 9.17) is 0 Å². The second-order valence-corrected chi connectivity index (χ2v) is 7.25. The second kappa shape index (κ2) is 7.13. The molecule has 1 aliphatic rings. The van der Waals surface area contributed by atoms with Crippen LogP contribution in [0.25, 0.3) is 5.65 Å². The van der Waals surface area contributed by atoms with Gasteiger partial charge in [0, 0.05) is 19.3 Å². The summed E-state index contributed by atoms with van der Waals surface area (Å²) in [5.74, 6) is -1.44. The molecule has 3 heterocycles. The lowest BCUT2D eigenvalue weighted by molar-refractivity contribution is -0.138. The Morgan fingerprint density at radius 2 is 1.83 bits per heavy atom. The Kier molecular flexibility index (Phi) is 4.76. The van der Waals surface area contributed by atoms with Crippen molar-refractivity contribution in [1.29, 1.82) is 0 Å². The summed E-state index contributed by atoms with van der Waals surface area (Å²) in [7, 11) is 0. The first-order valence-corrected chi connectivity index (χ1v) is 9.21. The van der Waals surface area contributed by atoms with Crippen LogP contribution in [0.15, 0.2) is 36.5 Å². The molecule has 1 saturated heterocycles. The summed E-state index contributed by atoms with van der Waals surface area (Å²) in [5.41, 5.74) is 0.631. The highest BCUT2D eigenvalue weighted by atomic mass is 19.4. The van der Waals surface area contributed by atoms with Crippen molar-refractivity contribution in [2.24, 2.45) is 0 Å². The average molecular weight is 406 g/mol. The molecule has 0 radical (unpaired) electrons. The molecule has 0 aliphatic carbocycles. The van der Waals surface area contributed by atoms with E-state index in [-0.39, 0.29) is 17.3 Å². The summed E-state index contributed by atoms with van der Waals surface area (Å²) < 4.78 is 54.9. The van der Waals surface area contributed by atoms with Gasteiger partial charge in [0.15, 0.2) is 5.65 Å². The van der Waals surface area contributed by atoms with E-state index in [0.29, 0.717) is 37.6 Å². The number of amides is 1. The minimum absolute atomic E-state index is 0.0783. The molecule has 4 rings (SSSR count). The van der Waals surface area contributed by atoms with Crippen molar-refractivity contribution < 1.29 is 22.4 Å². The molecule has 0 N–H and O–H groups in total. The number of carbonyl (C=O) groups excluding carboxylic acids is 1. The minimum atomic E-state index is -4.62. The van der Waals surface area contributed by atoms with Crippen LogP contribution in [0.4, 0.5) is 17.6 Å². The lowest BCUT2D eigenvalue weighted by atomic mass is 9.86. The maximum absolute atomic E-state index is 13.4. The largest absolute Gasteiger partial charge is 0.416 e. The summed E-state index contributed by atoms with van der Waals surface area (Å²) in [6, 6.07) is 6.42. The van der Waals surface area contributed by atoms with Gasteiger partial charge in [-0.25, -0.2) is 4.39 Å². The third-order valence-corrected chi connectivity index (χ3v) is 5.28. The van der Waals surface area contributed by atoms with Crippen LogP contribution in [0.5, 0.6) is 0 Å². The number of rotatable bonds is 2. The van der Waals surface area contributed by atoms with Gasteiger partial charge in [-0.05, 0) is 55.0 Å². The fourth-order valence-electron chi connectivity index (χ4n) is 3.81. The molecule has 152 valence electrons. The Labute approximate surface area is 164 Å². The SMILES string of the molecule is Cc1ccc2nnc(C(=O)N3CCC(c4ccc(F)cc4C(F)(F)F)CC3)n2c1. The van der Waals surface area contributed by atoms with Gasteiger partial charge >= 0.3 is 6.18 Å². The van der Waals surface area contributed by atoms with Gasteiger partial charge in [0.1, 0.15) is 5.82 Å². The first kappa shape index (κ1) is 19.4. The third kappa shape index (κ3) is 3.68. The third-order valence-electron chi connectivity index (χ3n) is 5.28. The van der Waals surface area contributed by atoms with Crippen molar-refractivity contribution in [2.75, 3.05) is 13.1 Å². The molecule has 3 aromatic rings. The number of likely N-dealkylation sites (tertiary alicyclic amines) is 1. The van der Waals surface area contributed by atoms with E-state index in [9.17, 15) is 22.4 Å². The fraction of sp³-hybridized carbons (Fsp3) is 0.350. The molecule has 0 atom stereocenters. The molecule has 5 nitrogen and oxygen atoms in total. The van der Waals surface area contributed by atoms with Crippen LogP contribution < -0.4 is 0 Å². The van der Waals surface area contributed by atoms with E-state index in [0.717, 1.165) is 11.6 Å². The number of halogens is 4. The molecule has 0 bridgehead atoms. The number of piperidine rings is 1. The highest BCUT2D eigenvalue weighted by molar-refractivity contribution is 5.91. The predicted molar refractivity (Wildman–Crippen MR) is 97.0 cm³/mol. The van der Waals surface area contributed by atoms with Gasteiger partial charge in [0.2, 0.25) is 5.82 Å². The molecule has 0 unspecified atom stereocenters. The summed E-state index contributed by atoms with van der Waals surface area (Å²) in [6.45, 7) is 2.47. The zero-order valence-corrected chi connectivity index (χ0v) is 15.6. The molecule has 1 aromatic carbocycles. The summed E-state index contributed by atoms with van der Waals surface area (Å²) >= 11 is 0. The highest BCUT2D eigenvalue weighted by Crippen LogP contribution is 2.39. The van der Waals surface area contributed by atoms with Crippen LogP contribution in [0.1, 0.15) is 46.1 Å². The van der Waals surface area contributed by atoms with Crippen molar-refractivity contribution in [3.63, 3.8) is 0 Å². The molecular formula is C20H18F4N4O. The van der Waals surface area contributed by atoms with Crippen molar-refractivity contribution in [2.45, 2.75) is 31.9 Å². The van der Waals surface area contributed by atoms with Gasteiger partial charge in [-0.2, -0.15) is 13.2 Å². The summed E-state index contributed by atoms with van der Waals surface area (Å²) in [5, 5.41) is 7.97. The highest BCUT2D eigenvalue weighted by Gasteiger charge is 2.37. The first-order chi connectivity index (χ1) is 13.7. The Balaban J connectivity index is 1.53. The molecule has 1 fully saturated rings. The molecule has 0 saturated carbocycles. The van der Waals surface area contributed by atoms with Crippen LogP contribution in [0, 0.1) is 12.7 Å². The van der Waals surface area contributed by atoms with E-state index in [2.05, 4.69) is 10.2 Å². The van der Waals surface area contributed by atoms with E-state index < -0.39 is 23.5 Å². The first-order valence-electron chi connectivity index (χ1n) is 9.21. The van der Waals surface area contributed by atoms with Gasteiger partial charge in [0.05, 0.1) is 5.56 Å². The molecular weight excluding hydrogens is 388 g/mol. The number of benzene rings is 1. The normalized spacial score (nSPS) is 15.8. The lowest BCUT2D eigenvalue weighted by Crippen LogP contribution is -2.39. The number of pyridine rings is 1. The van der Waals surface area contributed by atoms with Crippen molar-refractivity contribution in [1.82, 2.24) is 19.5 Å². The molecule has 29 heavy (non-hydrogen) atoms. The smallest absolute Gasteiger partial charge is 0.336 e. The summed E-state index contributed by atoms with van der Waals surface area (Å²) in [4.78, 5) is 14.4. The Morgan fingerprint density at radius 3 is 2.52 bits per heavy atom. The molecule has 1 aliphatic heterocycles. The predicted octanol–water partition coefficient (Wildman–Crippen LogP) is 4.22. The number of aryl methyl sites for hydroxylation is 1. The van der Waals surface area contributed by atoms with E-state index in [1.807, 2.05) is 13.0 Å². The quantitative estimate of drug-likeness (QED) is 0.599. The van der Waals surface area contributed by atoms with E-state index >= 15 is 0 Å². The van der Waals surface area contributed by atoms with E-state index in [1.54, 1.807) is 21.6 Å². The van der Waals surface area contributed by atoms with Crippen LogP contribution in [-0.4, -0.2) is 38.5 Å². The Morgan fingerprint density at radius 1 is 1.10 bits per heavy atom. The number of hydrogen-bond donors (Lipinski definition) is 0. The van der Waals surface area contributed by atoms with Crippen LogP contribution in [0.2, 0.25) is 0 Å². The van der Waals surface area contributed by atoms with Crippen molar-refractivity contribution in [3.05, 3.63) is 64.9 Å². The average Bonchev–Trinajstić information content (AvgIpc) is 3.10. The standard InChI is InChI=1S/C20H18F4N4O/c1-12-2-5-17-25-26-18(28(17)11-12)19(29)27-8-6-13(7-9-27)15-4-3-14(21)10-16(15)20(22,23)24/h2-5,10-11,13H,6-9H2,1H3. The second-order valence-electron chi connectivity index (χ2n) is 7.25. The number of hydrogen-bond acceptors (Lipinski definition) is 3. The Hall–Kier alpha value is -2.97. The minimum Gasteiger partial charge on any atom is -0.336 e. The summed E-state index contributed by atoms with van der Waals surface area (Å²) in [6.07, 6.45) is -2.14. The van der Waals surface area contributed by atoms with Gasteiger partial charge in [-0.1, -0.05) is 12.1 Å². The molecule has 1 amide bonds. The van der Waals surface area contributed by atoms with Crippen molar-refractivity contribution >= 4 is 11.6 Å². The van der Waals surface area contributed by atoms with Crippen LogP contribution >= 0.6 is 0 Å². The van der Waals surface area contributed by atoms with Crippen LogP contribution in [0.3, 0.4) is 0 Å².